The molecular formula is C44H29N3O2. The first-order valence-corrected chi connectivity index (χ1v) is 16.2. The second kappa shape index (κ2) is 11.5. The fourth-order valence-electron chi connectivity index (χ4n) is 7.01. The molecule has 9 rings (SSSR count). The third-order valence-corrected chi connectivity index (χ3v) is 9.19. The van der Waals surface area contributed by atoms with Crippen molar-refractivity contribution in [2.75, 3.05) is 9.80 Å². The highest BCUT2D eigenvalue weighted by Crippen LogP contribution is 2.39. The number of anilines is 6. The fraction of sp³-hybridized carbons (Fsp3) is 0. The Hall–Kier alpha value is -6.72. The molecule has 0 amide bonds. The normalized spacial score (nSPS) is 11.7. The molecule has 0 fully saturated rings. The largest absolute Gasteiger partial charge is 0.310 e. The monoisotopic (exact) mass is 632 g/mol. The van der Waals surface area contributed by atoms with Gasteiger partial charge in [0, 0.05) is 55.7 Å². The summed E-state index contributed by atoms with van der Waals surface area (Å²) in [5.41, 5.74) is 7.06. The summed E-state index contributed by atoms with van der Waals surface area (Å²) in [5, 5.41) is 1.71. The summed E-state index contributed by atoms with van der Waals surface area (Å²) in [6.45, 7) is 0. The molecule has 0 bridgehead atoms. The molecule has 0 saturated heterocycles. The molecule has 2 heterocycles. The zero-order valence-electron chi connectivity index (χ0n) is 27.3. The molecule has 0 N–H and O–H groups in total. The summed E-state index contributed by atoms with van der Waals surface area (Å²) in [6, 6.07) is 55.5. The summed E-state index contributed by atoms with van der Waals surface area (Å²) in [5.74, 6) is 0. The Morgan fingerprint density at radius 3 is 1.08 bits per heavy atom. The van der Waals surface area contributed by atoms with Gasteiger partial charge >= 0.3 is 0 Å². The van der Waals surface area contributed by atoms with Crippen LogP contribution in [0.2, 0.25) is 0 Å². The van der Waals surface area contributed by atoms with Crippen molar-refractivity contribution in [3.05, 3.63) is 196 Å². The topological polar surface area (TPSA) is 45.0 Å². The molecular weight excluding hydrogens is 603 g/mol. The van der Waals surface area contributed by atoms with Gasteiger partial charge in [0.2, 0.25) is 0 Å². The van der Waals surface area contributed by atoms with Crippen molar-refractivity contribution < 1.29 is 1.37 Å². The SMILES string of the molecule is [2H]c1cc2c(=O)c3ccc(N(c4ccccc4)c4ccccc4)cc3n3c4cc(N(c5ccccc5)c5ccccc5)ccc4c(=O)c(c1)c23. The van der Waals surface area contributed by atoms with Gasteiger partial charge in [-0.05, 0) is 97.1 Å². The molecule has 0 spiro atoms. The van der Waals surface area contributed by atoms with Crippen LogP contribution in [0.4, 0.5) is 34.1 Å². The van der Waals surface area contributed by atoms with Crippen molar-refractivity contribution in [3.8, 4) is 0 Å². The number of rotatable bonds is 6. The molecule has 49 heavy (non-hydrogen) atoms. The Kier molecular flexibility index (Phi) is 6.44. The van der Waals surface area contributed by atoms with E-state index in [1.54, 1.807) is 12.1 Å². The number of para-hydroxylation sites is 5. The smallest absolute Gasteiger partial charge is 0.197 e. The lowest BCUT2D eigenvalue weighted by Gasteiger charge is -2.27. The van der Waals surface area contributed by atoms with E-state index in [0.29, 0.717) is 38.1 Å². The summed E-state index contributed by atoms with van der Waals surface area (Å²) < 4.78 is 10.6. The van der Waals surface area contributed by atoms with Gasteiger partial charge in [0.25, 0.3) is 0 Å². The van der Waals surface area contributed by atoms with Gasteiger partial charge in [0.1, 0.15) is 0 Å². The van der Waals surface area contributed by atoms with E-state index in [2.05, 4.69) is 58.3 Å². The molecule has 0 aliphatic heterocycles. The third-order valence-electron chi connectivity index (χ3n) is 9.19. The van der Waals surface area contributed by atoms with Crippen LogP contribution in [0.5, 0.6) is 0 Å². The molecule has 7 aromatic carbocycles. The van der Waals surface area contributed by atoms with Gasteiger partial charge in [0.05, 0.1) is 17.9 Å². The third kappa shape index (κ3) is 4.63. The van der Waals surface area contributed by atoms with Crippen LogP contribution < -0.4 is 20.7 Å². The molecule has 0 aliphatic rings. The number of pyridine rings is 2. The van der Waals surface area contributed by atoms with Crippen LogP contribution in [0.3, 0.4) is 0 Å². The van der Waals surface area contributed by atoms with E-state index in [0.717, 1.165) is 34.1 Å². The molecule has 0 radical (unpaired) electrons. The van der Waals surface area contributed by atoms with Crippen LogP contribution >= 0.6 is 0 Å². The van der Waals surface area contributed by atoms with Gasteiger partial charge in [-0.25, -0.2) is 0 Å². The van der Waals surface area contributed by atoms with Gasteiger partial charge in [-0.3, -0.25) is 9.59 Å². The fourth-order valence-corrected chi connectivity index (χ4v) is 7.01. The Morgan fingerprint density at radius 2 is 0.735 bits per heavy atom. The average molecular weight is 633 g/mol. The van der Waals surface area contributed by atoms with Crippen LogP contribution in [-0.2, 0) is 0 Å². The van der Waals surface area contributed by atoms with Gasteiger partial charge in [-0.15, -0.1) is 0 Å². The molecule has 5 nitrogen and oxygen atoms in total. The van der Waals surface area contributed by atoms with Crippen molar-refractivity contribution in [3.63, 3.8) is 0 Å². The van der Waals surface area contributed by atoms with E-state index >= 15 is 0 Å². The zero-order chi connectivity index (χ0) is 33.8. The Labute approximate surface area is 283 Å². The Bertz CT molecular complexity index is 2540. The lowest BCUT2D eigenvalue weighted by Crippen LogP contribution is -2.16. The van der Waals surface area contributed by atoms with Crippen molar-refractivity contribution in [2.45, 2.75) is 0 Å². The molecule has 9 aromatic rings. The highest BCUT2D eigenvalue weighted by atomic mass is 16.1. The maximum Gasteiger partial charge on any atom is 0.197 e. The summed E-state index contributed by atoms with van der Waals surface area (Å²) in [4.78, 5) is 32.8. The summed E-state index contributed by atoms with van der Waals surface area (Å²) in [6.07, 6.45) is 0. The Balaban J connectivity index is 1.41. The lowest BCUT2D eigenvalue weighted by atomic mass is 10.0. The summed E-state index contributed by atoms with van der Waals surface area (Å²) in [7, 11) is 0. The van der Waals surface area contributed by atoms with E-state index in [-0.39, 0.29) is 16.9 Å². The molecule has 0 atom stereocenters. The van der Waals surface area contributed by atoms with Crippen LogP contribution in [0.1, 0.15) is 1.37 Å². The first kappa shape index (κ1) is 27.4. The lowest BCUT2D eigenvalue weighted by molar-refractivity contribution is 1.25. The predicted octanol–water partition coefficient (Wildman–Crippen LogP) is 10.5. The van der Waals surface area contributed by atoms with Crippen molar-refractivity contribution >= 4 is 72.2 Å². The van der Waals surface area contributed by atoms with E-state index in [4.69, 9.17) is 1.37 Å². The molecule has 0 unspecified atom stereocenters. The van der Waals surface area contributed by atoms with E-state index < -0.39 is 0 Å². The minimum atomic E-state index is -0.207. The van der Waals surface area contributed by atoms with Crippen molar-refractivity contribution in [1.29, 1.82) is 0 Å². The maximum atomic E-state index is 14.2. The number of hydrogen-bond donors (Lipinski definition) is 0. The van der Waals surface area contributed by atoms with Gasteiger partial charge in [0.15, 0.2) is 10.9 Å². The first-order chi connectivity index (χ1) is 24.6. The van der Waals surface area contributed by atoms with Crippen molar-refractivity contribution in [2.24, 2.45) is 0 Å². The average Bonchev–Trinajstić information content (AvgIpc) is 3.16. The number of nitrogens with zero attached hydrogens (tertiary/aromatic N) is 3. The minimum Gasteiger partial charge on any atom is -0.310 e. The number of benzene rings is 7. The van der Waals surface area contributed by atoms with Crippen LogP contribution in [-0.4, -0.2) is 4.40 Å². The highest BCUT2D eigenvalue weighted by molar-refractivity contribution is 6.08. The van der Waals surface area contributed by atoms with Crippen LogP contribution in [0, 0.1) is 0 Å². The summed E-state index contributed by atoms with van der Waals surface area (Å²) >= 11 is 0. The maximum absolute atomic E-state index is 14.2. The number of aromatic nitrogens is 1. The Morgan fingerprint density at radius 1 is 0.388 bits per heavy atom. The molecule has 0 saturated carbocycles. The second-order valence-corrected chi connectivity index (χ2v) is 12.0. The van der Waals surface area contributed by atoms with Gasteiger partial charge in [-0.1, -0.05) is 78.8 Å². The van der Waals surface area contributed by atoms with E-state index in [1.807, 2.05) is 114 Å². The molecule has 0 aliphatic carbocycles. The minimum absolute atomic E-state index is 0.124. The molecule has 5 heteroatoms. The zero-order valence-corrected chi connectivity index (χ0v) is 26.3. The predicted molar refractivity (Wildman–Crippen MR) is 203 cm³/mol. The van der Waals surface area contributed by atoms with Gasteiger partial charge in [-0.2, -0.15) is 0 Å². The number of fused-ring (bicyclic) bond motifs is 4. The molecule has 232 valence electrons. The molecule has 2 aromatic heterocycles. The van der Waals surface area contributed by atoms with Crippen LogP contribution in [0.15, 0.2) is 185 Å². The second-order valence-electron chi connectivity index (χ2n) is 12.0. The standard InChI is InChI=1S/C44H29N3O2/c48-43-36-26-24-34(45(30-14-5-1-6-15-30)31-16-7-2-8-17-31)28-40(36)47-41-29-35(25-27-37(41)44(49)39-23-13-22-38(43)42(39)47)46(32-18-9-3-10-19-32)33-20-11-4-12-21-33/h1-29H/i13D. The number of hydrogen-bond acceptors (Lipinski definition) is 4. The van der Waals surface area contributed by atoms with E-state index in [9.17, 15) is 9.59 Å². The van der Waals surface area contributed by atoms with E-state index in [1.165, 1.54) is 0 Å². The van der Waals surface area contributed by atoms with Gasteiger partial charge < -0.3 is 14.2 Å². The quantitative estimate of drug-likeness (QED) is 0.135. The van der Waals surface area contributed by atoms with Crippen molar-refractivity contribution in [1.82, 2.24) is 4.40 Å². The highest BCUT2D eigenvalue weighted by Gasteiger charge is 2.21. The first-order valence-electron chi connectivity index (χ1n) is 16.7. The van der Waals surface area contributed by atoms with Crippen LogP contribution in [0.25, 0.3) is 38.1 Å².